The molecule has 0 bridgehead atoms. The Morgan fingerprint density at radius 3 is 2.00 bits per heavy atom. The Labute approximate surface area is 136 Å². The second-order valence-electron chi connectivity index (χ2n) is 5.71. The zero-order chi connectivity index (χ0) is 18.1. The first-order valence-corrected chi connectivity index (χ1v) is 7.26. The van der Waals surface area contributed by atoms with Gasteiger partial charge in [-0.25, -0.2) is 5.90 Å². The molecule has 2 fully saturated rings. The first kappa shape index (κ1) is 19.8. The molecule has 0 radical (unpaired) electrons. The van der Waals surface area contributed by atoms with E-state index in [-0.39, 0.29) is 0 Å². The minimum Gasteiger partial charge on any atom is -0.394 e. The van der Waals surface area contributed by atoms with Crippen molar-refractivity contribution in [2.45, 2.75) is 54.8 Å². The Morgan fingerprint density at radius 1 is 0.875 bits per heavy atom. The van der Waals surface area contributed by atoms with Crippen molar-refractivity contribution < 1.29 is 54.8 Å². The Hall–Kier alpha value is -0.480. The van der Waals surface area contributed by atoms with Crippen LogP contribution in [0.5, 0.6) is 0 Å². The Kier molecular flexibility index (Phi) is 6.46. The third-order valence-corrected chi connectivity index (χ3v) is 4.13. The number of ether oxygens (including phenoxy) is 3. The molecule has 24 heavy (non-hydrogen) atoms. The Bertz CT molecular complexity index is 412. The third-order valence-electron chi connectivity index (χ3n) is 4.13. The molecule has 2 aliphatic rings. The molecule has 0 aromatic carbocycles. The predicted octanol–water partition coefficient (Wildman–Crippen LogP) is -5.50. The van der Waals surface area contributed by atoms with Crippen LogP contribution >= 0.6 is 0 Å². The summed E-state index contributed by atoms with van der Waals surface area (Å²) in [5.74, 6) is 2.87. The number of hydrogen-bond donors (Lipinski definition) is 8. The van der Waals surface area contributed by atoms with Gasteiger partial charge in [-0.1, -0.05) is 0 Å². The molecule has 2 aliphatic heterocycles. The molecule has 2 rings (SSSR count). The molecule has 0 saturated carbocycles. The van der Waals surface area contributed by atoms with E-state index in [1.807, 2.05) is 0 Å². The first-order valence-electron chi connectivity index (χ1n) is 7.26. The van der Waals surface area contributed by atoms with Gasteiger partial charge in [-0.05, 0) is 0 Å². The summed E-state index contributed by atoms with van der Waals surface area (Å²) in [6, 6.07) is 0. The number of nitrogens with two attached hydrogens (primary N) is 1. The van der Waals surface area contributed by atoms with Crippen LogP contribution < -0.4 is 5.90 Å². The van der Waals surface area contributed by atoms with Crippen molar-refractivity contribution in [3.63, 3.8) is 0 Å². The summed E-state index contributed by atoms with van der Waals surface area (Å²) in [6.07, 6.45) is -12.5. The fraction of sp³-hybridized carbons (Fsp3) is 1.00. The summed E-state index contributed by atoms with van der Waals surface area (Å²) in [5, 5.41) is 67.8. The minimum atomic E-state index is -2.12. The highest BCUT2D eigenvalue weighted by atomic mass is 16.8. The summed E-state index contributed by atoms with van der Waals surface area (Å²) >= 11 is 0. The second-order valence-corrected chi connectivity index (χ2v) is 5.71. The molecule has 0 aromatic heterocycles. The molecule has 2 saturated heterocycles. The van der Waals surface area contributed by atoms with E-state index < -0.39 is 74.6 Å². The van der Waals surface area contributed by atoms with Crippen molar-refractivity contribution in [1.29, 1.82) is 0 Å². The molecular weight excluding hydrogens is 334 g/mol. The van der Waals surface area contributed by atoms with Crippen LogP contribution in [0, 0.1) is 0 Å². The van der Waals surface area contributed by atoms with Crippen molar-refractivity contribution in [1.82, 2.24) is 0 Å². The van der Waals surface area contributed by atoms with Crippen molar-refractivity contribution in [2.75, 3.05) is 19.8 Å². The molecule has 12 nitrogen and oxygen atoms in total. The summed E-state index contributed by atoms with van der Waals surface area (Å²) < 4.78 is 15.8. The van der Waals surface area contributed by atoms with Gasteiger partial charge in [-0.2, -0.15) is 0 Å². The molecule has 2 heterocycles. The van der Waals surface area contributed by atoms with Gasteiger partial charge in [-0.15, -0.1) is 0 Å². The van der Waals surface area contributed by atoms with E-state index in [2.05, 4.69) is 4.84 Å². The summed E-state index contributed by atoms with van der Waals surface area (Å²) in [5.41, 5.74) is 0. The van der Waals surface area contributed by atoms with Gasteiger partial charge < -0.3 is 50.0 Å². The zero-order valence-corrected chi connectivity index (χ0v) is 12.6. The lowest BCUT2D eigenvalue weighted by Gasteiger charge is -2.43. The SMILES string of the molecule is NOC[C@]1(O[C@@H]2O[C@@H](CO)[C@H](O)[C@@H](O)[C@@H]2O)O[C@@H](CO)[C@H](O)[C@H]1O. The van der Waals surface area contributed by atoms with Gasteiger partial charge in [0.05, 0.1) is 13.2 Å². The molecule has 12 heteroatoms. The molecular formula is C12H23NO11. The quantitative estimate of drug-likeness (QED) is 0.210. The van der Waals surface area contributed by atoms with Crippen LogP contribution in [0.4, 0.5) is 0 Å². The summed E-state index contributed by atoms with van der Waals surface area (Å²) in [6.45, 7) is -1.95. The van der Waals surface area contributed by atoms with Crippen LogP contribution in [-0.2, 0) is 19.0 Å². The van der Waals surface area contributed by atoms with Gasteiger partial charge in [0, 0.05) is 0 Å². The Balaban J connectivity index is 2.21. The molecule has 0 unspecified atom stereocenters. The molecule has 0 amide bonds. The van der Waals surface area contributed by atoms with Crippen molar-refractivity contribution in [3.8, 4) is 0 Å². The smallest absolute Gasteiger partial charge is 0.226 e. The highest BCUT2D eigenvalue weighted by Gasteiger charge is 2.58. The topological polar surface area (TPSA) is 205 Å². The minimum absolute atomic E-state index is 0.614. The predicted molar refractivity (Wildman–Crippen MR) is 71.7 cm³/mol. The van der Waals surface area contributed by atoms with Gasteiger partial charge in [0.2, 0.25) is 5.79 Å². The molecule has 0 spiro atoms. The molecule has 9 atom stereocenters. The highest BCUT2D eigenvalue weighted by Crippen LogP contribution is 2.36. The van der Waals surface area contributed by atoms with Gasteiger partial charge in [0.15, 0.2) is 6.29 Å². The number of aliphatic hydroxyl groups excluding tert-OH is 7. The average Bonchev–Trinajstić information content (AvgIpc) is 2.80. The summed E-state index contributed by atoms with van der Waals surface area (Å²) in [7, 11) is 0. The van der Waals surface area contributed by atoms with Gasteiger partial charge in [-0.3, -0.25) is 4.84 Å². The standard InChI is InChI=1S/C12H23NO11/c13-21-3-12(10(20)7(17)5(2-15)23-12)24-11-9(19)8(18)6(16)4(1-14)22-11/h4-11,14-20H,1-3,13H2/t4-,5-,6-,7-,8+,9-,10+,11-,12+/m0/s1. The van der Waals surface area contributed by atoms with Gasteiger partial charge in [0.1, 0.15) is 49.3 Å². The van der Waals surface area contributed by atoms with Crippen molar-refractivity contribution in [3.05, 3.63) is 0 Å². The molecule has 142 valence electrons. The van der Waals surface area contributed by atoms with Crippen LogP contribution in [0.15, 0.2) is 0 Å². The van der Waals surface area contributed by atoms with Crippen molar-refractivity contribution in [2.24, 2.45) is 5.90 Å². The molecule has 9 N–H and O–H groups in total. The van der Waals surface area contributed by atoms with Crippen LogP contribution in [-0.4, -0.2) is 110 Å². The number of rotatable bonds is 6. The first-order chi connectivity index (χ1) is 11.3. The highest BCUT2D eigenvalue weighted by molar-refractivity contribution is 4.98. The fourth-order valence-electron chi connectivity index (χ4n) is 2.73. The monoisotopic (exact) mass is 357 g/mol. The lowest BCUT2D eigenvalue weighted by molar-refractivity contribution is -0.385. The van der Waals surface area contributed by atoms with E-state index in [9.17, 15) is 25.5 Å². The summed E-state index contributed by atoms with van der Waals surface area (Å²) in [4.78, 5) is 4.42. The zero-order valence-electron chi connectivity index (χ0n) is 12.6. The molecule has 0 aliphatic carbocycles. The van der Waals surface area contributed by atoms with Crippen molar-refractivity contribution >= 4 is 0 Å². The third kappa shape index (κ3) is 3.41. The lowest BCUT2D eigenvalue weighted by Crippen LogP contribution is -2.63. The van der Waals surface area contributed by atoms with E-state index in [4.69, 9.17) is 30.3 Å². The lowest BCUT2D eigenvalue weighted by atomic mass is 9.99. The maximum atomic E-state index is 10.2. The van der Waals surface area contributed by atoms with E-state index in [0.717, 1.165) is 0 Å². The van der Waals surface area contributed by atoms with E-state index >= 15 is 0 Å². The maximum Gasteiger partial charge on any atom is 0.226 e. The number of aliphatic hydroxyl groups is 7. The normalized spacial score (nSPS) is 49.5. The Morgan fingerprint density at radius 2 is 1.50 bits per heavy atom. The van der Waals surface area contributed by atoms with Crippen LogP contribution in [0.25, 0.3) is 0 Å². The molecule has 0 aromatic rings. The van der Waals surface area contributed by atoms with Crippen LogP contribution in [0.2, 0.25) is 0 Å². The number of hydrogen-bond acceptors (Lipinski definition) is 12. The largest absolute Gasteiger partial charge is 0.394 e. The maximum absolute atomic E-state index is 10.2. The average molecular weight is 357 g/mol. The fourth-order valence-corrected chi connectivity index (χ4v) is 2.73. The van der Waals surface area contributed by atoms with Crippen LogP contribution in [0.3, 0.4) is 0 Å². The van der Waals surface area contributed by atoms with E-state index in [1.165, 1.54) is 0 Å². The van der Waals surface area contributed by atoms with E-state index in [1.54, 1.807) is 0 Å². The van der Waals surface area contributed by atoms with Crippen LogP contribution in [0.1, 0.15) is 0 Å². The van der Waals surface area contributed by atoms with E-state index in [0.29, 0.717) is 0 Å². The van der Waals surface area contributed by atoms with Gasteiger partial charge >= 0.3 is 0 Å². The second kappa shape index (κ2) is 7.82. The van der Waals surface area contributed by atoms with Gasteiger partial charge in [0.25, 0.3) is 0 Å².